The van der Waals surface area contributed by atoms with Gasteiger partial charge in [-0.15, -0.1) is 11.8 Å². The minimum absolute atomic E-state index is 0.544. The summed E-state index contributed by atoms with van der Waals surface area (Å²) in [5, 5.41) is 0.602. The van der Waals surface area contributed by atoms with E-state index >= 15 is 0 Å². The van der Waals surface area contributed by atoms with Gasteiger partial charge in [-0.1, -0.05) is 17.7 Å². The molecular weight excluding hydrogens is 242 g/mol. The summed E-state index contributed by atoms with van der Waals surface area (Å²) < 4.78 is 5.59. The third kappa shape index (κ3) is 2.90. The molecule has 0 radical (unpaired) electrons. The van der Waals surface area contributed by atoms with E-state index in [-0.39, 0.29) is 0 Å². The van der Waals surface area contributed by atoms with Crippen molar-refractivity contribution in [2.45, 2.75) is 4.90 Å². The van der Waals surface area contributed by atoms with Crippen LogP contribution < -0.4 is 4.74 Å². The lowest BCUT2D eigenvalue weighted by Crippen LogP contribution is -1.87. The Balaban J connectivity index is 2.16. The Labute approximate surface area is 104 Å². The number of ether oxygens (including phenoxy) is 1. The van der Waals surface area contributed by atoms with Crippen molar-refractivity contribution in [3.8, 4) is 11.6 Å². The standard InChI is InChI=1S/C12H10ClNOS/c1-16-11-4-2-3-10(7-11)15-12-6-5-9(13)8-14-12/h2-8H,1H3. The van der Waals surface area contributed by atoms with Gasteiger partial charge in [-0.2, -0.15) is 0 Å². The zero-order valence-electron chi connectivity index (χ0n) is 8.68. The van der Waals surface area contributed by atoms with Crippen molar-refractivity contribution in [3.63, 3.8) is 0 Å². The summed E-state index contributed by atoms with van der Waals surface area (Å²) in [6.45, 7) is 0. The summed E-state index contributed by atoms with van der Waals surface area (Å²) in [6.07, 6.45) is 3.59. The maximum Gasteiger partial charge on any atom is 0.219 e. The Bertz CT molecular complexity index is 473. The summed E-state index contributed by atoms with van der Waals surface area (Å²) in [5.74, 6) is 1.32. The number of aromatic nitrogens is 1. The van der Waals surface area contributed by atoms with Gasteiger partial charge in [-0.25, -0.2) is 4.98 Å². The van der Waals surface area contributed by atoms with Gasteiger partial charge in [0.15, 0.2) is 0 Å². The van der Waals surface area contributed by atoms with Gasteiger partial charge >= 0.3 is 0 Å². The molecule has 16 heavy (non-hydrogen) atoms. The highest BCUT2D eigenvalue weighted by molar-refractivity contribution is 7.98. The maximum absolute atomic E-state index is 5.74. The SMILES string of the molecule is CSc1cccc(Oc2ccc(Cl)cn2)c1. The van der Waals surface area contributed by atoms with Crippen molar-refractivity contribution in [3.05, 3.63) is 47.6 Å². The molecule has 0 aliphatic heterocycles. The van der Waals surface area contributed by atoms with Gasteiger partial charge in [0.1, 0.15) is 5.75 Å². The second kappa shape index (κ2) is 5.23. The van der Waals surface area contributed by atoms with E-state index in [1.165, 1.54) is 0 Å². The van der Waals surface area contributed by atoms with Gasteiger partial charge in [0, 0.05) is 17.2 Å². The highest BCUT2D eigenvalue weighted by atomic mass is 35.5. The number of pyridine rings is 1. The van der Waals surface area contributed by atoms with E-state index in [4.69, 9.17) is 16.3 Å². The fraction of sp³-hybridized carbons (Fsp3) is 0.0833. The van der Waals surface area contributed by atoms with Crippen molar-refractivity contribution in [2.24, 2.45) is 0 Å². The number of halogens is 1. The van der Waals surface area contributed by atoms with Gasteiger partial charge in [-0.05, 0) is 30.5 Å². The van der Waals surface area contributed by atoms with Crippen LogP contribution in [0.25, 0.3) is 0 Å². The highest BCUT2D eigenvalue weighted by Gasteiger charge is 1.99. The van der Waals surface area contributed by atoms with Crippen LogP contribution in [-0.4, -0.2) is 11.2 Å². The van der Waals surface area contributed by atoms with E-state index in [9.17, 15) is 0 Å². The zero-order chi connectivity index (χ0) is 11.4. The first-order valence-electron chi connectivity index (χ1n) is 4.71. The van der Waals surface area contributed by atoms with Crippen LogP contribution in [0.15, 0.2) is 47.5 Å². The largest absolute Gasteiger partial charge is 0.439 e. The second-order valence-corrected chi connectivity index (χ2v) is 4.41. The molecule has 0 saturated heterocycles. The van der Waals surface area contributed by atoms with Crippen LogP contribution >= 0.6 is 23.4 Å². The molecule has 0 N–H and O–H groups in total. The number of hydrogen-bond donors (Lipinski definition) is 0. The zero-order valence-corrected chi connectivity index (χ0v) is 10.3. The van der Waals surface area contributed by atoms with Gasteiger partial charge < -0.3 is 4.74 Å². The Hall–Kier alpha value is -1.19. The molecule has 0 unspecified atom stereocenters. The maximum atomic E-state index is 5.74. The Morgan fingerprint density at radius 1 is 1.25 bits per heavy atom. The highest BCUT2D eigenvalue weighted by Crippen LogP contribution is 2.24. The van der Waals surface area contributed by atoms with Crippen LogP contribution in [0.1, 0.15) is 0 Å². The normalized spacial score (nSPS) is 10.1. The first kappa shape index (κ1) is 11.3. The van der Waals surface area contributed by atoms with E-state index in [1.807, 2.05) is 30.5 Å². The summed E-state index contributed by atoms with van der Waals surface area (Å²) in [4.78, 5) is 5.23. The number of hydrogen-bond acceptors (Lipinski definition) is 3. The molecule has 4 heteroatoms. The van der Waals surface area contributed by atoms with Gasteiger partial charge in [0.25, 0.3) is 0 Å². The summed E-state index contributed by atoms with van der Waals surface area (Å²) in [7, 11) is 0. The Morgan fingerprint density at radius 3 is 2.81 bits per heavy atom. The van der Waals surface area contributed by atoms with Crippen LogP contribution in [0.3, 0.4) is 0 Å². The average Bonchev–Trinajstić information content (AvgIpc) is 2.32. The molecule has 1 heterocycles. The van der Waals surface area contributed by atoms with E-state index < -0.39 is 0 Å². The molecular formula is C12H10ClNOS. The molecule has 0 atom stereocenters. The van der Waals surface area contributed by atoms with Crippen LogP contribution in [-0.2, 0) is 0 Å². The topological polar surface area (TPSA) is 22.1 Å². The predicted molar refractivity (Wildman–Crippen MR) is 67.5 cm³/mol. The van der Waals surface area contributed by atoms with Crippen molar-refractivity contribution in [1.82, 2.24) is 4.98 Å². The minimum atomic E-state index is 0.544. The van der Waals surface area contributed by atoms with Gasteiger partial charge in [0.05, 0.1) is 5.02 Å². The molecule has 2 rings (SSSR count). The summed E-state index contributed by atoms with van der Waals surface area (Å²) in [6, 6.07) is 11.4. The summed E-state index contributed by atoms with van der Waals surface area (Å²) >= 11 is 7.42. The average molecular weight is 252 g/mol. The first-order valence-corrected chi connectivity index (χ1v) is 6.31. The summed E-state index contributed by atoms with van der Waals surface area (Å²) in [5.41, 5.74) is 0. The second-order valence-electron chi connectivity index (χ2n) is 3.10. The molecule has 0 aliphatic rings. The molecule has 0 amide bonds. The van der Waals surface area contributed by atoms with Crippen molar-refractivity contribution >= 4 is 23.4 Å². The van der Waals surface area contributed by atoms with Crippen molar-refractivity contribution < 1.29 is 4.74 Å². The van der Waals surface area contributed by atoms with E-state index in [0.29, 0.717) is 10.9 Å². The Morgan fingerprint density at radius 2 is 2.12 bits per heavy atom. The number of rotatable bonds is 3. The number of nitrogens with zero attached hydrogens (tertiary/aromatic N) is 1. The third-order valence-corrected chi connectivity index (χ3v) is 2.91. The molecule has 2 aromatic rings. The lowest BCUT2D eigenvalue weighted by Gasteiger charge is -2.05. The van der Waals surface area contributed by atoms with Crippen LogP contribution in [0, 0.1) is 0 Å². The van der Waals surface area contributed by atoms with Crippen LogP contribution in [0.5, 0.6) is 11.6 Å². The molecule has 0 saturated carbocycles. The van der Waals surface area contributed by atoms with E-state index in [2.05, 4.69) is 4.98 Å². The number of thioether (sulfide) groups is 1. The minimum Gasteiger partial charge on any atom is -0.439 e. The molecule has 0 aliphatic carbocycles. The fourth-order valence-electron chi connectivity index (χ4n) is 1.21. The van der Waals surface area contributed by atoms with Gasteiger partial charge in [0.2, 0.25) is 5.88 Å². The van der Waals surface area contributed by atoms with E-state index in [1.54, 1.807) is 30.1 Å². The molecule has 82 valence electrons. The fourth-order valence-corrected chi connectivity index (χ4v) is 1.77. The molecule has 0 fully saturated rings. The molecule has 1 aromatic carbocycles. The van der Waals surface area contributed by atoms with Crippen molar-refractivity contribution in [2.75, 3.05) is 6.26 Å². The monoisotopic (exact) mass is 251 g/mol. The van der Waals surface area contributed by atoms with Gasteiger partial charge in [-0.3, -0.25) is 0 Å². The Kier molecular flexibility index (Phi) is 3.70. The van der Waals surface area contributed by atoms with E-state index in [0.717, 1.165) is 10.6 Å². The molecule has 0 spiro atoms. The molecule has 2 nitrogen and oxygen atoms in total. The molecule has 1 aromatic heterocycles. The first-order chi connectivity index (χ1) is 7.78. The smallest absolute Gasteiger partial charge is 0.219 e. The molecule has 0 bridgehead atoms. The number of benzene rings is 1. The lowest BCUT2D eigenvalue weighted by molar-refractivity contribution is 0.462. The predicted octanol–water partition coefficient (Wildman–Crippen LogP) is 4.25. The van der Waals surface area contributed by atoms with Crippen molar-refractivity contribution in [1.29, 1.82) is 0 Å². The quantitative estimate of drug-likeness (QED) is 0.762. The third-order valence-electron chi connectivity index (χ3n) is 1.96. The van der Waals surface area contributed by atoms with Crippen LogP contribution in [0.4, 0.5) is 0 Å². The lowest BCUT2D eigenvalue weighted by atomic mass is 10.3. The van der Waals surface area contributed by atoms with Crippen LogP contribution in [0.2, 0.25) is 5.02 Å².